The minimum absolute atomic E-state index is 0.0257. The van der Waals surface area contributed by atoms with Crippen LogP contribution in [0.2, 0.25) is 0 Å². The summed E-state index contributed by atoms with van der Waals surface area (Å²) in [4.78, 5) is 8.90. The van der Waals surface area contributed by atoms with E-state index in [2.05, 4.69) is 10.0 Å². The minimum Gasteiger partial charge on any atom is -0.475 e. The number of aliphatic carboxylic acids is 1. The molecule has 0 aromatic rings. The van der Waals surface area contributed by atoms with E-state index in [9.17, 15) is 21.6 Å². The molecule has 1 spiro atoms. The fraction of sp³-hybridized carbons (Fsp3) is 0.917. The Balaban J connectivity index is 0.000000322. The molecule has 23 heavy (non-hydrogen) atoms. The molecule has 2 saturated heterocycles. The van der Waals surface area contributed by atoms with E-state index in [1.807, 2.05) is 0 Å². The normalized spacial score (nSPS) is 28.3. The second-order valence-electron chi connectivity index (χ2n) is 5.67. The maximum atomic E-state index is 11.0. The number of rotatable bonds is 3. The summed E-state index contributed by atoms with van der Waals surface area (Å²) in [5, 5.41) is 10.4. The maximum absolute atomic E-state index is 11.0. The molecule has 2 atom stereocenters. The molecule has 0 radical (unpaired) electrons. The number of carbonyl (C=O) groups is 1. The summed E-state index contributed by atoms with van der Waals surface area (Å²) < 4.78 is 62.3. The van der Waals surface area contributed by atoms with E-state index >= 15 is 0 Å². The van der Waals surface area contributed by atoms with Gasteiger partial charge >= 0.3 is 12.1 Å². The monoisotopic (exact) mass is 362 g/mol. The van der Waals surface area contributed by atoms with Gasteiger partial charge in [-0.1, -0.05) is 0 Å². The smallest absolute Gasteiger partial charge is 0.475 e. The quantitative estimate of drug-likeness (QED) is 0.674. The second-order valence-corrected chi connectivity index (χ2v) is 7.50. The zero-order chi connectivity index (χ0) is 17.7. The Labute approximate surface area is 132 Å². The molecule has 11 heteroatoms. The molecule has 7 nitrogen and oxygen atoms in total. The van der Waals surface area contributed by atoms with Gasteiger partial charge in [0.2, 0.25) is 10.0 Å². The van der Waals surface area contributed by atoms with Gasteiger partial charge in [0.1, 0.15) is 0 Å². The topological polar surface area (TPSA) is 105 Å². The zero-order valence-corrected chi connectivity index (χ0v) is 13.5. The first-order valence-corrected chi connectivity index (χ1v) is 8.96. The molecule has 0 aromatic carbocycles. The fourth-order valence-corrected chi connectivity index (χ4v) is 3.03. The predicted octanol–water partition coefficient (Wildman–Crippen LogP) is 0.470. The number of carboxylic acid groups (broad SMARTS) is 1. The van der Waals surface area contributed by atoms with Crippen LogP contribution in [0.5, 0.6) is 0 Å². The molecular weight excluding hydrogens is 341 g/mol. The third kappa shape index (κ3) is 7.46. The van der Waals surface area contributed by atoms with Gasteiger partial charge in [0.15, 0.2) is 0 Å². The summed E-state index contributed by atoms with van der Waals surface area (Å²) in [6.07, 6.45) is 0.339. The molecule has 0 aromatic heterocycles. The van der Waals surface area contributed by atoms with Gasteiger partial charge in [0, 0.05) is 13.1 Å². The van der Waals surface area contributed by atoms with E-state index in [-0.39, 0.29) is 11.7 Å². The van der Waals surface area contributed by atoms with Crippen molar-refractivity contribution in [2.75, 3.05) is 25.9 Å². The van der Waals surface area contributed by atoms with Crippen molar-refractivity contribution >= 4 is 16.0 Å². The number of hydrogen-bond acceptors (Lipinski definition) is 5. The van der Waals surface area contributed by atoms with Crippen LogP contribution >= 0.6 is 0 Å². The van der Waals surface area contributed by atoms with Gasteiger partial charge in [0.25, 0.3) is 0 Å². The van der Waals surface area contributed by atoms with Crippen LogP contribution in [-0.4, -0.2) is 63.3 Å². The third-order valence-corrected chi connectivity index (χ3v) is 4.29. The Hall–Kier alpha value is -0.910. The van der Waals surface area contributed by atoms with Gasteiger partial charge in [-0.15, -0.1) is 0 Å². The van der Waals surface area contributed by atoms with Crippen molar-refractivity contribution in [3.05, 3.63) is 0 Å². The number of alkyl halides is 3. The van der Waals surface area contributed by atoms with E-state index in [0.717, 1.165) is 38.8 Å². The number of nitrogens with one attached hydrogen (secondary N) is 2. The van der Waals surface area contributed by atoms with Crippen LogP contribution in [0.25, 0.3) is 0 Å². The molecule has 0 amide bonds. The molecule has 0 bridgehead atoms. The molecule has 2 rings (SSSR count). The van der Waals surface area contributed by atoms with Crippen LogP contribution < -0.4 is 10.0 Å². The van der Waals surface area contributed by atoms with E-state index in [0.29, 0.717) is 6.54 Å². The highest BCUT2D eigenvalue weighted by molar-refractivity contribution is 7.88. The molecule has 2 fully saturated rings. The first kappa shape index (κ1) is 20.1. The highest BCUT2D eigenvalue weighted by Gasteiger charge is 2.39. The zero-order valence-electron chi connectivity index (χ0n) is 12.6. The fourth-order valence-electron chi connectivity index (χ4n) is 2.55. The van der Waals surface area contributed by atoms with Crippen molar-refractivity contribution in [1.29, 1.82) is 0 Å². The van der Waals surface area contributed by atoms with Crippen LogP contribution in [0.3, 0.4) is 0 Å². The van der Waals surface area contributed by atoms with Gasteiger partial charge in [-0.05, 0) is 32.2 Å². The minimum atomic E-state index is -5.08. The predicted molar refractivity (Wildman–Crippen MR) is 75.5 cm³/mol. The van der Waals surface area contributed by atoms with Gasteiger partial charge in [-0.2, -0.15) is 13.2 Å². The first-order chi connectivity index (χ1) is 10.4. The lowest BCUT2D eigenvalue weighted by Crippen LogP contribution is -2.46. The molecule has 2 heterocycles. The molecule has 0 aliphatic carbocycles. The van der Waals surface area contributed by atoms with Gasteiger partial charge in [-0.25, -0.2) is 17.9 Å². The Morgan fingerprint density at radius 3 is 2.48 bits per heavy atom. The summed E-state index contributed by atoms with van der Waals surface area (Å²) in [6.45, 7) is 2.31. The standard InChI is InChI=1S/C10H20N2O3S.C2HF3O2/c1-16(13,14)12-7-9-3-2-4-10(15-9)5-6-11-8-10;3-2(4,5)1(6)7/h9,11-12H,2-8H2,1H3;(H,6,7)/t9-,10-;/m1./s1. The Morgan fingerprint density at radius 2 is 2.04 bits per heavy atom. The van der Waals surface area contributed by atoms with Crippen molar-refractivity contribution in [1.82, 2.24) is 10.0 Å². The van der Waals surface area contributed by atoms with Gasteiger partial charge in [-0.3, -0.25) is 0 Å². The van der Waals surface area contributed by atoms with Gasteiger partial charge < -0.3 is 15.2 Å². The Morgan fingerprint density at radius 1 is 1.43 bits per heavy atom. The lowest BCUT2D eigenvalue weighted by atomic mass is 9.91. The summed E-state index contributed by atoms with van der Waals surface area (Å²) >= 11 is 0. The summed E-state index contributed by atoms with van der Waals surface area (Å²) in [5.41, 5.74) is -0.0257. The average Bonchev–Trinajstić information content (AvgIpc) is 2.83. The first-order valence-electron chi connectivity index (χ1n) is 7.07. The number of sulfonamides is 1. The van der Waals surface area contributed by atoms with E-state index in [1.54, 1.807) is 0 Å². The van der Waals surface area contributed by atoms with Crippen LogP contribution in [0.4, 0.5) is 13.2 Å². The van der Waals surface area contributed by atoms with Crippen LogP contribution in [0.15, 0.2) is 0 Å². The van der Waals surface area contributed by atoms with E-state index in [1.165, 1.54) is 6.26 Å². The van der Waals surface area contributed by atoms with Crippen LogP contribution in [0.1, 0.15) is 25.7 Å². The lowest BCUT2D eigenvalue weighted by Gasteiger charge is -2.38. The molecular formula is C12H21F3N2O5S. The number of hydrogen-bond donors (Lipinski definition) is 3. The summed E-state index contributed by atoms with van der Waals surface area (Å²) in [7, 11) is -3.10. The number of carboxylic acids is 1. The molecule has 2 aliphatic heterocycles. The third-order valence-electron chi connectivity index (χ3n) is 3.60. The van der Waals surface area contributed by atoms with Crippen molar-refractivity contribution in [2.45, 2.75) is 43.6 Å². The Kier molecular flexibility index (Phi) is 6.81. The maximum Gasteiger partial charge on any atom is 0.490 e. The SMILES string of the molecule is CS(=O)(=O)NC[C@H]1CCC[C@]2(CCNC2)O1.O=C(O)C(F)(F)F. The van der Waals surface area contributed by atoms with Crippen molar-refractivity contribution < 1.29 is 36.2 Å². The summed E-state index contributed by atoms with van der Waals surface area (Å²) in [6, 6.07) is 0. The molecule has 136 valence electrons. The van der Waals surface area contributed by atoms with Crippen molar-refractivity contribution in [3.8, 4) is 0 Å². The molecule has 2 aliphatic rings. The molecule has 3 N–H and O–H groups in total. The number of ether oxygens (including phenoxy) is 1. The van der Waals surface area contributed by atoms with Crippen molar-refractivity contribution in [3.63, 3.8) is 0 Å². The second kappa shape index (κ2) is 7.77. The molecule has 0 unspecified atom stereocenters. The van der Waals surface area contributed by atoms with Crippen LogP contribution in [-0.2, 0) is 19.6 Å². The summed E-state index contributed by atoms with van der Waals surface area (Å²) in [5.74, 6) is -2.76. The van der Waals surface area contributed by atoms with Gasteiger partial charge in [0.05, 0.1) is 18.0 Å². The molecule has 0 saturated carbocycles. The highest BCUT2D eigenvalue weighted by atomic mass is 32.2. The largest absolute Gasteiger partial charge is 0.490 e. The van der Waals surface area contributed by atoms with Crippen LogP contribution in [0, 0.1) is 0 Å². The lowest BCUT2D eigenvalue weighted by molar-refractivity contribution is -0.192. The number of halogens is 3. The average molecular weight is 362 g/mol. The van der Waals surface area contributed by atoms with E-state index in [4.69, 9.17) is 14.6 Å². The highest BCUT2D eigenvalue weighted by Crippen LogP contribution is 2.33. The van der Waals surface area contributed by atoms with E-state index < -0.39 is 22.2 Å². The van der Waals surface area contributed by atoms with Crippen molar-refractivity contribution in [2.24, 2.45) is 0 Å². The Bertz CT molecular complexity index is 503.